The third-order valence-corrected chi connectivity index (χ3v) is 4.97. The molecule has 2 heterocycles. The van der Waals surface area contributed by atoms with Crippen molar-refractivity contribution in [2.24, 2.45) is 5.73 Å². The summed E-state index contributed by atoms with van der Waals surface area (Å²) in [4.78, 5) is 30.6. The second-order valence-electron chi connectivity index (χ2n) is 7.64. The zero-order chi connectivity index (χ0) is 26.4. The Labute approximate surface area is 196 Å². The number of urea groups is 1. The Morgan fingerprint density at radius 3 is 2.29 bits per heavy atom. The first-order valence-electron chi connectivity index (χ1n) is 10.3. The van der Waals surface area contributed by atoms with E-state index in [-0.39, 0.29) is 17.9 Å². The highest BCUT2D eigenvalue weighted by Crippen LogP contribution is 2.32. The summed E-state index contributed by atoms with van der Waals surface area (Å²) in [6.45, 7) is 2.64. The lowest BCUT2D eigenvalue weighted by molar-refractivity contribution is -0.192. The lowest BCUT2D eigenvalue weighted by Gasteiger charge is -2.24. The van der Waals surface area contributed by atoms with Gasteiger partial charge in [0.25, 0.3) is 0 Å². The summed E-state index contributed by atoms with van der Waals surface area (Å²) in [6, 6.07) is 7.42. The quantitative estimate of drug-likeness (QED) is 0.534. The maximum Gasteiger partial charge on any atom is 0.490 e. The van der Waals surface area contributed by atoms with Gasteiger partial charge in [-0.15, -0.1) is 0 Å². The second kappa shape index (κ2) is 11.3. The highest BCUT2D eigenvalue weighted by Gasteiger charge is 2.38. The molecular weight excluding hydrogens is 484 g/mol. The number of likely N-dealkylation sites (tertiary alicyclic amines) is 1. The molecule has 1 aromatic heterocycles. The number of alkyl halides is 6. The predicted molar refractivity (Wildman–Crippen MR) is 111 cm³/mol. The fourth-order valence-electron chi connectivity index (χ4n) is 3.19. The molecule has 2 aromatic rings. The second-order valence-corrected chi connectivity index (χ2v) is 7.64. The first-order valence-corrected chi connectivity index (χ1v) is 10.3. The van der Waals surface area contributed by atoms with E-state index in [4.69, 9.17) is 15.6 Å². The van der Waals surface area contributed by atoms with E-state index in [0.29, 0.717) is 25.9 Å². The molecule has 1 aromatic carbocycles. The van der Waals surface area contributed by atoms with Crippen LogP contribution in [0.3, 0.4) is 0 Å². The third kappa shape index (κ3) is 8.09. The highest BCUT2D eigenvalue weighted by molar-refractivity contribution is 5.75. The number of benzene rings is 1. The van der Waals surface area contributed by atoms with Crippen LogP contribution >= 0.6 is 0 Å². The number of carbonyl (C=O) groups is 2. The minimum atomic E-state index is -5.08. The number of aliphatic carboxylic acids is 1. The number of nitrogens with one attached hydrogen (secondary N) is 1. The van der Waals surface area contributed by atoms with Crippen LogP contribution in [0.5, 0.6) is 0 Å². The van der Waals surface area contributed by atoms with E-state index in [1.54, 1.807) is 0 Å². The molecule has 0 bridgehead atoms. The summed E-state index contributed by atoms with van der Waals surface area (Å²) in [6.07, 6.45) is -7.34. The van der Waals surface area contributed by atoms with E-state index in [9.17, 15) is 31.1 Å². The van der Waals surface area contributed by atoms with E-state index < -0.39 is 30.1 Å². The van der Waals surface area contributed by atoms with Gasteiger partial charge in [-0.3, -0.25) is 0 Å². The summed E-state index contributed by atoms with van der Waals surface area (Å²) < 4.78 is 70.5. The van der Waals surface area contributed by atoms with E-state index in [0.717, 1.165) is 23.4 Å². The molecule has 0 saturated carbocycles. The Bertz CT molecular complexity index is 1010. The van der Waals surface area contributed by atoms with Gasteiger partial charge < -0.3 is 21.1 Å². The number of nitrogens with zero attached hydrogens (tertiary/aromatic N) is 3. The van der Waals surface area contributed by atoms with Crippen molar-refractivity contribution < 1.29 is 41.0 Å². The van der Waals surface area contributed by atoms with E-state index >= 15 is 0 Å². The van der Waals surface area contributed by atoms with Gasteiger partial charge in [0.05, 0.1) is 6.04 Å². The fourth-order valence-corrected chi connectivity index (χ4v) is 3.19. The fraction of sp³-hybridized carbons (Fsp3) is 0.429. The number of rotatable bonds is 4. The molecule has 0 aliphatic carbocycles. The molecule has 2 atom stereocenters. The van der Waals surface area contributed by atoms with Crippen LogP contribution in [0, 0.1) is 0 Å². The number of carboxylic acid groups (broad SMARTS) is 1. The molecule has 192 valence electrons. The van der Waals surface area contributed by atoms with Gasteiger partial charge in [0.1, 0.15) is 5.69 Å². The number of aromatic nitrogens is 2. The number of nitrogens with two attached hydrogens (primary N) is 1. The number of hydrogen-bond acceptors (Lipinski definition) is 5. The van der Waals surface area contributed by atoms with Crippen molar-refractivity contribution in [3.05, 3.63) is 59.2 Å². The van der Waals surface area contributed by atoms with Crippen LogP contribution in [0.15, 0.2) is 36.5 Å². The predicted octanol–water partition coefficient (Wildman–Crippen LogP) is 4.20. The summed E-state index contributed by atoms with van der Waals surface area (Å²) in [5.41, 5.74) is 6.72. The van der Waals surface area contributed by atoms with E-state index in [1.807, 2.05) is 31.2 Å². The zero-order valence-corrected chi connectivity index (χ0v) is 18.4. The number of amides is 2. The number of hydrogen-bond donors (Lipinski definition) is 3. The third-order valence-electron chi connectivity index (χ3n) is 4.97. The molecule has 4 N–H and O–H groups in total. The van der Waals surface area contributed by atoms with Gasteiger partial charge in [-0.25, -0.2) is 19.6 Å². The Kier molecular flexibility index (Phi) is 9.01. The van der Waals surface area contributed by atoms with Gasteiger partial charge >= 0.3 is 24.4 Å². The normalized spacial score (nSPS) is 16.8. The molecule has 35 heavy (non-hydrogen) atoms. The first-order chi connectivity index (χ1) is 16.2. The van der Waals surface area contributed by atoms with E-state index in [1.165, 1.54) is 4.90 Å². The van der Waals surface area contributed by atoms with Crippen LogP contribution in [0.25, 0.3) is 0 Å². The van der Waals surface area contributed by atoms with Gasteiger partial charge in [0.2, 0.25) is 0 Å². The summed E-state index contributed by atoms with van der Waals surface area (Å²) in [5.74, 6) is -2.74. The Morgan fingerprint density at radius 1 is 1.17 bits per heavy atom. The standard InChI is InChI=1S/C19H22F3N5O.C2HF3O2/c1-12(23)14-6-4-13(5-7-14)11-25-18(28)27-10-2-3-15(27)17-24-9-8-16(26-17)19(20,21)22;3-2(4,5)1(6)7/h4-9,12,15H,2-3,10-11,23H2,1H3,(H,25,28);(H,6,7)/t12-,15?;/m1./s1. The molecule has 1 aliphatic heterocycles. The molecule has 3 rings (SSSR count). The molecule has 1 aliphatic rings. The number of carboxylic acids is 1. The van der Waals surface area contributed by atoms with Gasteiger partial charge in [-0.05, 0) is 37.0 Å². The summed E-state index contributed by atoms with van der Waals surface area (Å²) in [5, 5.41) is 9.94. The summed E-state index contributed by atoms with van der Waals surface area (Å²) >= 11 is 0. The minimum absolute atomic E-state index is 0.0174. The number of carbonyl (C=O) groups excluding carboxylic acids is 1. The van der Waals surface area contributed by atoms with Crippen LogP contribution in [0.1, 0.15) is 54.5 Å². The zero-order valence-electron chi connectivity index (χ0n) is 18.4. The Balaban J connectivity index is 0.000000540. The van der Waals surface area contributed by atoms with Gasteiger partial charge in [0.15, 0.2) is 5.82 Å². The monoisotopic (exact) mass is 507 g/mol. The SMILES string of the molecule is C[C@@H](N)c1ccc(CNC(=O)N2CCCC2c2nccc(C(F)(F)F)n2)cc1.O=C(O)C(F)(F)F. The smallest absolute Gasteiger partial charge is 0.475 e. The van der Waals surface area contributed by atoms with Crippen molar-refractivity contribution in [2.75, 3.05) is 6.54 Å². The maximum atomic E-state index is 12.9. The topological polar surface area (TPSA) is 121 Å². The van der Waals surface area contributed by atoms with Crippen LogP contribution in [-0.4, -0.2) is 44.7 Å². The average Bonchev–Trinajstić information content (AvgIpc) is 3.27. The van der Waals surface area contributed by atoms with Crippen molar-refractivity contribution >= 4 is 12.0 Å². The van der Waals surface area contributed by atoms with Crippen molar-refractivity contribution in [2.45, 2.75) is 50.7 Å². The molecule has 1 fully saturated rings. The van der Waals surface area contributed by atoms with Crippen LogP contribution in [0.2, 0.25) is 0 Å². The summed E-state index contributed by atoms with van der Waals surface area (Å²) in [7, 11) is 0. The molecule has 1 saturated heterocycles. The van der Waals surface area contributed by atoms with Gasteiger partial charge in [0, 0.05) is 25.3 Å². The molecule has 8 nitrogen and oxygen atoms in total. The number of halogens is 6. The molecule has 0 radical (unpaired) electrons. The van der Waals surface area contributed by atoms with Crippen molar-refractivity contribution in [1.82, 2.24) is 20.2 Å². The lowest BCUT2D eigenvalue weighted by atomic mass is 10.1. The highest BCUT2D eigenvalue weighted by atomic mass is 19.4. The largest absolute Gasteiger partial charge is 0.490 e. The molecule has 2 amide bonds. The van der Waals surface area contributed by atoms with Crippen molar-refractivity contribution in [1.29, 1.82) is 0 Å². The minimum Gasteiger partial charge on any atom is -0.475 e. The van der Waals surface area contributed by atoms with Crippen LogP contribution in [0.4, 0.5) is 31.1 Å². The van der Waals surface area contributed by atoms with Gasteiger partial charge in [-0.1, -0.05) is 24.3 Å². The molecular formula is C21H23F6N5O3. The lowest BCUT2D eigenvalue weighted by Crippen LogP contribution is -2.39. The van der Waals surface area contributed by atoms with E-state index in [2.05, 4.69) is 15.3 Å². The average molecular weight is 507 g/mol. The van der Waals surface area contributed by atoms with Crippen LogP contribution in [-0.2, 0) is 17.5 Å². The molecule has 0 spiro atoms. The van der Waals surface area contributed by atoms with Gasteiger partial charge in [-0.2, -0.15) is 26.3 Å². The first kappa shape index (κ1) is 27.8. The van der Waals surface area contributed by atoms with Crippen LogP contribution < -0.4 is 11.1 Å². The Hall–Kier alpha value is -3.42. The Morgan fingerprint density at radius 2 is 1.77 bits per heavy atom. The maximum absolute atomic E-state index is 12.9. The molecule has 14 heteroatoms. The molecule has 1 unspecified atom stereocenters. The van der Waals surface area contributed by atoms with Crippen molar-refractivity contribution in [3.63, 3.8) is 0 Å². The van der Waals surface area contributed by atoms with Crippen molar-refractivity contribution in [3.8, 4) is 0 Å².